The van der Waals surface area contributed by atoms with Gasteiger partial charge in [0.1, 0.15) is 0 Å². The van der Waals surface area contributed by atoms with Crippen LogP contribution in [0.3, 0.4) is 0 Å². The fourth-order valence-corrected chi connectivity index (χ4v) is 2.82. The minimum absolute atomic E-state index is 0.0153. The average Bonchev–Trinajstić information content (AvgIpc) is 2.52. The molecule has 1 heterocycles. The summed E-state index contributed by atoms with van der Waals surface area (Å²) in [6.07, 6.45) is 10.3. The fourth-order valence-electron chi connectivity index (χ4n) is 2.82. The van der Waals surface area contributed by atoms with Crippen LogP contribution in [0, 0.1) is 5.41 Å². The molecule has 1 aliphatic rings. The van der Waals surface area contributed by atoms with Gasteiger partial charge in [-0.1, -0.05) is 72.8 Å². The summed E-state index contributed by atoms with van der Waals surface area (Å²) in [5.74, 6) is 5.80. The predicted molar refractivity (Wildman–Crippen MR) is 87.0 cm³/mol. The van der Waals surface area contributed by atoms with E-state index in [4.69, 9.17) is 5.84 Å². The zero-order chi connectivity index (χ0) is 14.5. The van der Waals surface area contributed by atoms with Crippen molar-refractivity contribution in [1.82, 2.24) is 5.01 Å². The maximum Gasteiger partial charge on any atom is 0.0177 e. The number of allylic oxidation sites excluding steroid dienone is 2. The molecule has 0 spiro atoms. The summed E-state index contributed by atoms with van der Waals surface area (Å²) in [5, 5.41) is 1.61. The predicted octanol–water partition coefficient (Wildman–Crippen LogP) is 3.67. The molecule has 106 valence electrons. The van der Waals surface area contributed by atoms with E-state index in [2.05, 4.69) is 72.8 Å². The first kappa shape index (κ1) is 13.7. The highest BCUT2D eigenvalue weighted by Crippen LogP contribution is 2.33. The minimum atomic E-state index is -0.0153. The van der Waals surface area contributed by atoms with Gasteiger partial charge in [-0.15, -0.1) is 0 Å². The van der Waals surface area contributed by atoms with Gasteiger partial charge < -0.3 is 0 Å². The Morgan fingerprint density at radius 3 is 1.57 bits per heavy atom. The number of hydrogen-bond acceptors (Lipinski definition) is 2. The van der Waals surface area contributed by atoms with Crippen molar-refractivity contribution in [2.75, 3.05) is 0 Å². The summed E-state index contributed by atoms with van der Waals surface area (Å²) in [6.45, 7) is 0. The van der Waals surface area contributed by atoms with E-state index < -0.39 is 0 Å². The Hall–Kier alpha value is -2.32. The van der Waals surface area contributed by atoms with Gasteiger partial charge in [0, 0.05) is 17.8 Å². The number of nitrogens with zero attached hydrogens (tertiary/aromatic N) is 1. The van der Waals surface area contributed by atoms with Crippen LogP contribution in [-0.4, -0.2) is 5.01 Å². The second-order valence-electron chi connectivity index (χ2n) is 5.64. The molecule has 21 heavy (non-hydrogen) atoms. The highest BCUT2D eigenvalue weighted by molar-refractivity contribution is 5.29. The van der Waals surface area contributed by atoms with Crippen LogP contribution in [0.25, 0.3) is 0 Å². The van der Waals surface area contributed by atoms with Crippen LogP contribution in [0.1, 0.15) is 11.1 Å². The van der Waals surface area contributed by atoms with Crippen LogP contribution in [0.4, 0.5) is 0 Å². The van der Waals surface area contributed by atoms with Gasteiger partial charge in [-0.25, -0.2) is 5.84 Å². The number of nitrogens with two attached hydrogens (primary N) is 1. The van der Waals surface area contributed by atoms with Crippen molar-refractivity contribution >= 4 is 0 Å². The van der Waals surface area contributed by atoms with Gasteiger partial charge in [0.25, 0.3) is 0 Å². The summed E-state index contributed by atoms with van der Waals surface area (Å²) >= 11 is 0. The molecule has 2 N–H and O–H groups in total. The molecule has 0 aliphatic carbocycles. The normalized spacial score (nSPS) is 16.1. The SMILES string of the molecule is NN1C=CC(Cc2ccccc2)(Cc2ccccc2)C=C1. The van der Waals surface area contributed by atoms with Gasteiger partial charge >= 0.3 is 0 Å². The Bertz CT molecular complexity index is 572. The summed E-state index contributed by atoms with van der Waals surface area (Å²) in [7, 11) is 0. The van der Waals surface area contributed by atoms with E-state index in [1.165, 1.54) is 11.1 Å². The van der Waals surface area contributed by atoms with Crippen LogP contribution in [0.15, 0.2) is 85.2 Å². The van der Waals surface area contributed by atoms with Gasteiger partial charge in [-0.2, -0.15) is 0 Å². The second-order valence-corrected chi connectivity index (χ2v) is 5.64. The molecule has 0 atom stereocenters. The molecular weight excluding hydrogens is 256 g/mol. The molecule has 2 aromatic rings. The molecule has 0 saturated heterocycles. The maximum absolute atomic E-state index is 5.80. The molecule has 3 rings (SSSR count). The van der Waals surface area contributed by atoms with Crippen molar-refractivity contribution in [3.05, 3.63) is 96.3 Å². The molecular formula is C19H20N2. The lowest BCUT2D eigenvalue weighted by Gasteiger charge is -2.31. The quantitative estimate of drug-likeness (QED) is 0.863. The molecule has 0 unspecified atom stereocenters. The van der Waals surface area contributed by atoms with Crippen molar-refractivity contribution in [3.8, 4) is 0 Å². The summed E-state index contributed by atoms with van der Waals surface area (Å²) < 4.78 is 0. The Morgan fingerprint density at radius 1 is 0.714 bits per heavy atom. The molecule has 0 amide bonds. The lowest BCUT2D eigenvalue weighted by Crippen LogP contribution is -2.29. The smallest absolute Gasteiger partial charge is 0.0177 e. The van der Waals surface area contributed by atoms with Crippen LogP contribution < -0.4 is 5.84 Å². The highest BCUT2D eigenvalue weighted by atomic mass is 15.4. The van der Waals surface area contributed by atoms with Crippen molar-refractivity contribution in [1.29, 1.82) is 0 Å². The van der Waals surface area contributed by atoms with E-state index in [1.807, 2.05) is 12.4 Å². The minimum Gasteiger partial charge on any atom is -0.295 e. The monoisotopic (exact) mass is 276 g/mol. The molecule has 0 fully saturated rings. The zero-order valence-electron chi connectivity index (χ0n) is 12.0. The van der Waals surface area contributed by atoms with E-state index in [9.17, 15) is 0 Å². The van der Waals surface area contributed by atoms with Gasteiger partial charge in [-0.3, -0.25) is 5.01 Å². The van der Waals surface area contributed by atoms with Gasteiger partial charge in [0.05, 0.1) is 0 Å². The molecule has 2 nitrogen and oxygen atoms in total. The van der Waals surface area contributed by atoms with Crippen molar-refractivity contribution in [2.45, 2.75) is 12.8 Å². The summed E-state index contributed by atoms with van der Waals surface area (Å²) in [6, 6.07) is 21.2. The lowest BCUT2D eigenvalue weighted by atomic mass is 9.76. The van der Waals surface area contributed by atoms with E-state index in [-0.39, 0.29) is 5.41 Å². The Morgan fingerprint density at radius 2 is 1.14 bits per heavy atom. The molecule has 2 heteroatoms. The van der Waals surface area contributed by atoms with Crippen molar-refractivity contribution in [2.24, 2.45) is 11.3 Å². The number of hydrogen-bond donors (Lipinski definition) is 1. The fraction of sp³-hybridized carbons (Fsp3) is 0.158. The topological polar surface area (TPSA) is 29.3 Å². The highest BCUT2D eigenvalue weighted by Gasteiger charge is 2.27. The van der Waals surface area contributed by atoms with Crippen LogP contribution >= 0.6 is 0 Å². The van der Waals surface area contributed by atoms with Gasteiger partial charge in [-0.05, 0) is 24.0 Å². The van der Waals surface area contributed by atoms with Crippen molar-refractivity contribution in [3.63, 3.8) is 0 Å². The second kappa shape index (κ2) is 5.98. The molecule has 1 aliphatic heterocycles. The first-order chi connectivity index (χ1) is 10.3. The van der Waals surface area contributed by atoms with Gasteiger partial charge in [0.15, 0.2) is 0 Å². The van der Waals surface area contributed by atoms with Crippen molar-refractivity contribution < 1.29 is 0 Å². The number of benzene rings is 2. The Kier molecular flexibility index (Phi) is 3.89. The average molecular weight is 276 g/mol. The van der Waals surface area contributed by atoms with E-state index >= 15 is 0 Å². The lowest BCUT2D eigenvalue weighted by molar-refractivity contribution is 0.426. The molecule has 0 radical (unpaired) electrons. The van der Waals surface area contributed by atoms with E-state index in [0.29, 0.717) is 0 Å². The number of hydrazine groups is 1. The summed E-state index contributed by atoms with van der Waals surface area (Å²) in [4.78, 5) is 0. The molecule has 2 aromatic carbocycles. The largest absolute Gasteiger partial charge is 0.295 e. The maximum atomic E-state index is 5.80. The number of rotatable bonds is 4. The standard InChI is InChI=1S/C19H20N2/c20-21-13-11-19(12-14-21,15-17-7-3-1-4-8-17)16-18-9-5-2-6-10-18/h1-14H,15-16,20H2. The molecule has 0 saturated carbocycles. The third-order valence-electron chi connectivity index (χ3n) is 3.91. The van der Waals surface area contributed by atoms with E-state index in [0.717, 1.165) is 12.8 Å². The Balaban J connectivity index is 1.89. The van der Waals surface area contributed by atoms with Crippen LogP contribution in [0.5, 0.6) is 0 Å². The first-order valence-electron chi connectivity index (χ1n) is 7.25. The molecule has 0 bridgehead atoms. The third kappa shape index (κ3) is 3.41. The van der Waals surface area contributed by atoms with Crippen LogP contribution in [0.2, 0.25) is 0 Å². The first-order valence-corrected chi connectivity index (χ1v) is 7.25. The Labute approximate surface area is 126 Å². The molecule has 0 aromatic heterocycles. The van der Waals surface area contributed by atoms with Gasteiger partial charge in [0.2, 0.25) is 0 Å². The van der Waals surface area contributed by atoms with E-state index in [1.54, 1.807) is 5.01 Å². The van der Waals surface area contributed by atoms with Crippen LogP contribution in [-0.2, 0) is 12.8 Å². The summed E-state index contributed by atoms with van der Waals surface area (Å²) in [5.41, 5.74) is 2.67. The third-order valence-corrected chi connectivity index (χ3v) is 3.91. The zero-order valence-corrected chi connectivity index (χ0v) is 12.0.